The minimum Gasteiger partial charge on any atom is -0.395 e. The van der Waals surface area contributed by atoms with Crippen LogP contribution in [0.4, 0.5) is 0 Å². The summed E-state index contributed by atoms with van der Waals surface area (Å²) in [6, 6.07) is 0. The van der Waals surface area contributed by atoms with Crippen molar-refractivity contribution in [1.29, 1.82) is 0 Å². The molecule has 0 aliphatic carbocycles. The lowest BCUT2D eigenvalue weighted by molar-refractivity contribution is 0.296. The summed E-state index contributed by atoms with van der Waals surface area (Å²) in [4.78, 5) is 4.36. The molecule has 0 fully saturated rings. The second-order valence-corrected chi connectivity index (χ2v) is 3.43. The van der Waals surface area contributed by atoms with Crippen LogP contribution in [0.15, 0.2) is 0 Å². The van der Waals surface area contributed by atoms with Gasteiger partial charge in [0.2, 0.25) is 0 Å². The lowest BCUT2D eigenvalue weighted by atomic mass is 10.5. The van der Waals surface area contributed by atoms with E-state index in [1.54, 1.807) is 7.05 Å². The molecule has 0 saturated carbocycles. The fraction of sp³-hybridized carbons (Fsp3) is 1.00. The van der Waals surface area contributed by atoms with Crippen LogP contribution < -0.4 is 5.32 Å². The van der Waals surface area contributed by atoms with Crippen molar-refractivity contribution in [2.24, 2.45) is 0 Å². The molecular formula is C11H31N3O. The molecule has 0 aliphatic rings. The van der Waals surface area contributed by atoms with Gasteiger partial charge in [-0.25, -0.2) is 0 Å². The first-order valence-electron chi connectivity index (χ1n) is 5.59. The van der Waals surface area contributed by atoms with Gasteiger partial charge in [-0.3, -0.25) is 0 Å². The fourth-order valence-corrected chi connectivity index (χ4v) is 0.512. The Hall–Kier alpha value is -0.160. The number of aliphatic hydroxyl groups excluding tert-OH is 1. The van der Waals surface area contributed by atoms with Crippen molar-refractivity contribution < 1.29 is 5.11 Å². The second-order valence-electron chi connectivity index (χ2n) is 3.43. The third kappa shape index (κ3) is 41.5. The minimum atomic E-state index is 0.233. The first-order chi connectivity index (χ1) is 7.04. The van der Waals surface area contributed by atoms with Crippen LogP contribution in [-0.4, -0.2) is 76.4 Å². The summed E-state index contributed by atoms with van der Waals surface area (Å²) in [5, 5.41) is 10.8. The molecule has 2 N–H and O–H groups in total. The van der Waals surface area contributed by atoms with Gasteiger partial charge >= 0.3 is 0 Å². The number of rotatable bonds is 5. The summed E-state index contributed by atoms with van der Waals surface area (Å²) in [7, 11) is 10.1. The van der Waals surface area contributed by atoms with E-state index in [0.717, 1.165) is 13.1 Å². The zero-order valence-electron chi connectivity index (χ0n) is 11.7. The molecule has 0 amide bonds. The van der Waals surface area contributed by atoms with Gasteiger partial charge in [0, 0.05) is 19.6 Å². The summed E-state index contributed by atoms with van der Waals surface area (Å²) in [5.74, 6) is 0. The zero-order valence-corrected chi connectivity index (χ0v) is 11.7. The molecule has 4 nitrogen and oxygen atoms in total. The molecule has 0 spiro atoms. The third-order valence-corrected chi connectivity index (χ3v) is 1.36. The number of hydrogen-bond donors (Lipinski definition) is 2. The van der Waals surface area contributed by atoms with Gasteiger partial charge in [0.05, 0.1) is 6.61 Å². The van der Waals surface area contributed by atoms with Crippen molar-refractivity contribution >= 4 is 0 Å². The molecule has 0 aromatic carbocycles. The van der Waals surface area contributed by atoms with Crippen molar-refractivity contribution in [3.8, 4) is 0 Å². The van der Waals surface area contributed by atoms with Crippen LogP contribution in [-0.2, 0) is 0 Å². The van der Waals surface area contributed by atoms with Gasteiger partial charge < -0.3 is 20.2 Å². The van der Waals surface area contributed by atoms with Crippen molar-refractivity contribution in [2.45, 2.75) is 13.8 Å². The largest absolute Gasteiger partial charge is 0.395 e. The maximum atomic E-state index is 8.00. The molecule has 0 bridgehead atoms. The Balaban J connectivity index is -0.000000177. The van der Waals surface area contributed by atoms with Crippen LogP contribution in [0.25, 0.3) is 0 Å². The van der Waals surface area contributed by atoms with Crippen molar-refractivity contribution in [2.75, 3.05) is 61.5 Å². The van der Waals surface area contributed by atoms with Gasteiger partial charge in [-0.1, -0.05) is 13.8 Å². The molecule has 0 unspecified atom stereocenters. The molecule has 0 atom stereocenters. The van der Waals surface area contributed by atoms with Crippen LogP contribution >= 0.6 is 0 Å². The maximum absolute atomic E-state index is 8.00. The smallest absolute Gasteiger partial charge is 0.0555 e. The molecule has 0 aliphatic heterocycles. The molecule has 0 rings (SSSR count). The van der Waals surface area contributed by atoms with Crippen LogP contribution in [0, 0.1) is 0 Å². The highest BCUT2D eigenvalue weighted by atomic mass is 16.3. The third-order valence-electron chi connectivity index (χ3n) is 1.36. The van der Waals surface area contributed by atoms with E-state index in [0.29, 0.717) is 6.54 Å². The van der Waals surface area contributed by atoms with Crippen LogP contribution in [0.2, 0.25) is 0 Å². The van der Waals surface area contributed by atoms with E-state index in [1.807, 2.05) is 13.8 Å². The first-order valence-corrected chi connectivity index (χ1v) is 5.59. The van der Waals surface area contributed by atoms with Gasteiger partial charge in [0.25, 0.3) is 0 Å². The Bertz CT molecular complexity index is 77.9. The lowest BCUT2D eigenvalue weighted by Gasteiger charge is -2.13. The predicted octanol–water partition coefficient (Wildman–Crippen LogP) is 0.334. The van der Waals surface area contributed by atoms with Gasteiger partial charge in [0.1, 0.15) is 0 Å². The van der Waals surface area contributed by atoms with E-state index in [1.165, 1.54) is 0 Å². The van der Waals surface area contributed by atoms with E-state index in [4.69, 9.17) is 5.11 Å². The van der Waals surface area contributed by atoms with E-state index in [9.17, 15) is 0 Å². The van der Waals surface area contributed by atoms with Gasteiger partial charge in [0.15, 0.2) is 0 Å². The minimum absolute atomic E-state index is 0.233. The van der Waals surface area contributed by atoms with E-state index in [-0.39, 0.29) is 6.61 Å². The van der Waals surface area contributed by atoms with Crippen molar-refractivity contribution in [3.05, 3.63) is 0 Å². The topological polar surface area (TPSA) is 38.7 Å². The summed E-state index contributed by atoms with van der Waals surface area (Å²) >= 11 is 0. The number of aliphatic hydroxyl groups is 1. The zero-order chi connectivity index (χ0) is 12.7. The first kappa shape index (κ1) is 20.3. The highest BCUT2D eigenvalue weighted by Crippen LogP contribution is 1.76. The van der Waals surface area contributed by atoms with Crippen LogP contribution in [0.1, 0.15) is 13.8 Å². The summed E-state index contributed by atoms with van der Waals surface area (Å²) < 4.78 is 0. The molecule has 0 aromatic heterocycles. The molecule has 0 aromatic rings. The Kier molecular flexibility index (Phi) is 26.2. The average molecular weight is 221 g/mol. The van der Waals surface area contributed by atoms with Gasteiger partial charge in [-0.05, 0) is 35.2 Å². The van der Waals surface area contributed by atoms with E-state index in [2.05, 4.69) is 43.3 Å². The molecule has 0 saturated heterocycles. The molecule has 15 heavy (non-hydrogen) atoms. The fourth-order valence-electron chi connectivity index (χ4n) is 0.512. The normalized spacial score (nSPS) is 9.20. The second kappa shape index (κ2) is 19.4. The predicted molar refractivity (Wildman–Crippen MR) is 69.5 cm³/mol. The highest BCUT2D eigenvalue weighted by molar-refractivity contribution is 4.45. The maximum Gasteiger partial charge on any atom is 0.0555 e. The summed E-state index contributed by atoms with van der Waals surface area (Å²) in [6.07, 6.45) is 0. The summed E-state index contributed by atoms with van der Waals surface area (Å²) in [5.41, 5.74) is 0. The Morgan fingerprint density at radius 3 is 1.33 bits per heavy atom. The Labute approximate surface area is 96.3 Å². The molecule has 4 heteroatoms. The van der Waals surface area contributed by atoms with Crippen LogP contribution in [0.3, 0.4) is 0 Å². The Morgan fingerprint density at radius 1 is 0.933 bits per heavy atom. The summed E-state index contributed by atoms with van der Waals surface area (Å²) in [6.45, 7) is 7.22. The number of nitrogens with zero attached hydrogens (tertiary/aromatic N) is 2. The van der Waals surface area contributed by atoms with Crippen LogP contribution in [0.5, 0.6) is 0 Å². The van der Waals surface area contributed by atoms with Gasteiger partial charge in [-0.15, -0.1) is 0 Å². The average Bonchev–Trinajstić information content (AvgIpc) is 2.20. The number of nitrogens with one attached hydrogen (secondary N) is 1. The molecule has 0 radical (unpaired) electrons. The lowest BCUT2D eigenvalue weighted by Crippen LogP contribution is -2.25. The molecule has 96 valence electrons. The highest BCUT2D eigenvalue weighted by Gasteiger charge is 1.89. The van der Waals surface area contributed by atoms with Gasteiger partial charge in [-0.2, -0.15) is 0 Å². The quantitative estimate of drug-likeness (QED) is 0.702. The molecule has 0 heterocycles. The number of hydrogen-bond acceptors (Lipinski definition) is 4. The van der Waals surface area contributed by atoms with Crippen molar-refractivity contribution in [3.63, 3.8) is 0 Å². The number of likely N-dealkylation sites (N-methyl/N-ethyl adjacent to an activating group) is 3. The SMILES string of the molecule is CC.CN(C)CCN(C)C.CNCCO. The van der Waals surface area contributed by atoms with E-state index >= 15 is 0 Å². The van der Waals surface area contributed by atoms with E-state index < -0.39 is 0 Å². The molecular weight excluding hydrogens is 190 g/mol. The van der Waals surface area contributed by atoms with Crippen molar-refractivity contribution in [1.82, 2.24) is 15.1 Å². The Morgan fingerprint density at radius 2 is 1.27 bits per heavy atom. The monoisotopic (exact) mass is 221 g/mol. The standard InChI is InChI=1S/C6H16N2.C3H9NO.C2H6/c1-7(2)5-6-8(3)4;1-4-2-3-5;1-2/h5-6H2,1-4H3;4-5H,2-3H2,1H3;1-2H3.